The first-order valence-electron chi connectivity index (χ1n) is 10.6. The molecule has 0 aliphatic carbocycles. The molecule has 0 unspecified atom stereocenters. The van der Waals surface area contributed by atoms with Crippen molar-refractivity contribution in [3.05, 3.63) is 120 Å². The molecule has 0 nitrogen and oxygen atoms in total. The van der Waals surface area contributed by atoms with Gasteiger partial charge in [0.1, 0.15) is 0 Å². The molecular weight excluding hydrogens is 360 g/mol. The van der Waals surface area contributed by atoms with E-state index in [4.69, 9.17) is 0 Å². The Labute approximate surface area is 176 Å². The second kappa shape index (κ2) is 6.71. The Morgan fingerprint density at radius 2 is 1.20 bits per heavy atom. The van der Waals surface area contributed by atoms with Crippen LogP contribution in [-0.4, -0.2) is 0 Å². The molecule has 0 aromatic heterocycles. The molecule has 0 aliphatic heterocycles. The van der Waals surface area contributed by atoms with Crippen LogP contribution < -0.4 is 0 Å². The van der Waals surface area contributed by atoms with E-state index < -0.39 is 0 Å². The molecule has 0 bridgehead atoms. The van der Waals surface area contributed by atoms with E-state index in [0.717, 1.165) is 6.42 Å². The van der Waals surface area contributed by atoms with Crippen molar-refractivity contribution in [2.24, 2.45) is 0 Å². The van der Waals surface area contributed by atoms with Crippen LogP contribution in [0, 0.1) is 6.92 Å². The molecule has 0 fully saturated rings. The summed E-state index contributed by atoms with van der Waals surface area (Å²) in [7, 11) is 0. The summed E-state index contributed by atoms with van der Waals surface area (Å²) in [6, 6.07) is 37.9. The van der Waals surface area contributed by atoms with E-state index >= 15 is 0 Å². The molecule has 6 rings (SSSR count). The lowest BCUT2D eigenvalue weighted by molar-refractivity contribution is 1.21. The number of aryl methyl sites for hydroxylation is 1. The van der Waals surface area contributed by atoms with Crippen LogP contribution in [0.15, 0.2) is 103 Å². The molecule has 0 saturated heterocycles. The molecule has 0 N–H and O–H groups in total. The summed E-state index contributed by atoms with van der Waals surface area (Å²) in [6.45, 7) is 2.17. The Morgan fingerprint density at radius 3 is 2.00 bits per heavy atom. The zero-order chi connectivity index (χ0) is 20.1. The van der Waals surface area contributed by atoms with Crippen molar-refractivity contribution in [1.29, 1.82) is 0 Å². The van der Waals surface area contributed by atoms with Crippen molar-refractivity contribution in [2.75, 3.05) is 0 Å². The van der Waals surface area contributed by atoms with Crippen LogP contribution in [0.3, 0.4) is 0 Å². The molecule has 6 aromatic rings. The van der Waals surface area contributed by atoms with Gasteiger partial charge in [0.05, 0.1) is 0 Å². The summed E-state index contributed by atoms with van der Waals surface area (Å²) in [5.41, 5.74) is 6.69. The van der Waals surface area contributed by atoms with Gasteiger partial charge in [-0.3, -0.25) is 0 Å². The first-order chi connectivity index (χ1) is 14.8. The van der Waals surface area contributed by atoms with Crippen molar-refractivity contribution < 1.29 is 0 Å². The quantitative estimate of drug-likeness (QED) is 0.271. The number of rotatable bonds is 3. The van der Waals surface area contributed by atoms with E-state index in [2.05, 4.69) is 110 Å². The maximum atomic E-state index is 2.32. The molecule has 6 aromatic carbocycles. The minimum Gasteiger partial charge on any atom is -0.0622 e. The second-order valence-corrected chi connectivity index (χ2v) is 8.28. The minimum atomic E-state index is 0.929. The van der Waals surface area contributed by atoms with Gasteiger partial charge in [-0.05, 0) is 67.9 Å². The summed E-state index contributed by atoms with van der Waals surface area (Å²) in [6.07, 6.45) is 0.929. The molecule has 0 radical (unpaired) electrons. The van der Waals surface area contributed by atoms with Crippen molar-refractivity contribution >= 4 is 32.3 Å². The molecule has 0 amide bonds. The van der Waals surface area contributed by atoms with Gasteiger partial charge < -0.3 is 0 Å². The van der Waals surface area contributed by atoms with Crippen LogP contribution in [0.25, 0.3) is 43.4 Å². The smallest absolute Gasteiger partial charge is 0.00134 e. The number of hydrogen-bond donors (Lipinski definition) is 0. The molecular formula is C30H22. The van der Waals surface area contributed by atoms with Crippen molar-refractivity contribution in [3.8, 4) is 11.1 Å². The SMILES string of the molecule is Cc1ccc(Cc2ccc3ccc4cccc5ccc2c3c45)c(-c2ccccc2)c1. The van der Waals surface area contributed by atoms with E-state index in [1.54, 1.807) is 0 Å². The van der Waals surface area contributed by atoms with Crippen LogP contribution in [0.1, 0.15) is 16.7 Å². The lowest BCUT2D eigenvalue weighted by atomic mass is 9.88. The van der Waals surface area contributed by atoms with Crippen LogP contribution in [0.2, 0.25) is 0 Å². The highest BCUT2D eigenvalue weighted by Crippen LogP contribution is 2.37. The molecule has 142 valence electrons. The van der Waals surface area contributed by atoms with Gasteiger partial charge in [-0.15, -0.1) is 0 Å². The Balaban J connectivity index is 1.57. The molecule has 0 spiro atoms. The summed E-state index contributed by atoms with van der Waals surface area (Å²) in [4.78, 5) is 0. The van der Waals surface area contributed by atoms with Gasteiger partial charge in [0.15, 0.2) is 0 Å². The lowest BCUT2D eigenvalue weighted by Crippen LogP contribution is -1.95. The molecule has 30 heavy (non-hydrogen) atoms. The van der Waals surface area contributed by atoms with Gasteiger partial charge in [-0.2, -0.15) is 0 Å². The zero-order valence-corrected chi connectivity index (χ0v) is 17.0. The molecule has 0 heterocycles. The first-order valence-corrected chi connectivity index (χ1v) is 10.6. The highest BCUT2D eigenvalue weighted by molar-refractivity contribution is 6.23. The van der Waals surface area contributed by atoms with Gasteiger partial charge in [0.2, 0.25) is 0 Å². The average Bonchev–Trinajstić information content (AvgIpc) is 2.80. The fraction of sp³-hybridized carbons (Fsp3) is 0.0667. The predicted octanol–water partition coefficient (Wildman–Crippen LogP) is 8.15. The third-order valence-corrected chi connectivity index (χ3v) is 6.35. The fourth-order valence-corrected chi connectivity index (χ4v) is 4.89. The summed E-state index contributed by atoms with van der Waals surface area (Å²) in [5.74, 6) is 0. The van der Waals surface area contributed by atoms with Gasteiger partial charge in [-0.25, -0.2) is 0 Å². The third-order valence-electron chi connectivity index (χ3n) is 6.35. The average molecular weight is 383 g/mol. The zero-order valence-electron chi connectivity index (χ0n) is 17.0. The van der Waals surface area contributed by atoms with E-state index in [1.807, 2.05) is 0 Å². The van der Waals surface area contributed by atoms with Crippen LogP contribution in [0.5, 0.6) is 0 Å². The summed E-state index contributed by atoms with van der Waals surface area (Å²) >= 11 is 0. The maximum absolute atomic E-state index is 2.32. The van der Waals surface area contributed by atoms with E-state index in [-0.39, 0.29) is 0 Å². The maximum Gasteiger partial charge on any atom is -0.00134 e. The minimum absolute atomic E-state index is 0.929. The Hall–Kier alpha value is -3.64. The van der Waals surface area contributed by atoms with E-state index in [9.17, 15) is 0 Å². The normalized spacial score (nSPS) is 11.6. The predicted molar refractivity (Wildman–Crippen MR) is 130 cm³/mol. The van der Waals surface area contributed by atoms with E-state index in [1.165, 1.54) is 60.1 Å². The lowest BCUT2D eigenvalue weighted by Gasteiger charge is -2.16. The van der Waals surface area contributed by atoms with Gasteiger partial charge in [0, 0.05) is 0 Å². The van der Waals surface area contributed by atoms with Gasteiger partial charge in [0.25, 0.3) is 0 Å². The van der Waals surface area contributed by atoms with Crippen LogP contribution in [0.4, 0.5) is 0 Å². The number of hydrogen-bond acceptors (Lipinski definition) is 0. The van der Waals surface area contributed by atoms with Gasteiger partial charge in [-0.1, -0.05) is 109 Å². The highest BCUT2D eigenvalue weighted by atomic mass is 14.2. The highest BCUT2D eigenvalue weighted by Gasteiger charge is 2.13. The largest absolute Gasteiger partial charge is 0.0622 e. The molecule has 0 atom stereocenters. The molecule has 0 heteroatoms. The van der Waals surface area contributed by atoms with Crippen molar-refractivity contribution in [2.45, 2.75) is 13.3 Å². The van der Waals surface area contributed by atoms with Crippen molar-refractivity contribution in [3.63, 3.8) is 0 Å². The van der Waals surface area contributed by atoms with Crippen LogP contribution >= 0.6 is 0 Å². The number of benzene rings is 6. The Morgan fingerprint density at radius 1 is 0.533 bits per heavy atom. The van der Waals surface area contributed by atoms with Crippen LogP contribution in [-0.2, 0) is 6.42 Å². The summed E-state index contributed by atoms with van der Waals surface area (Å²) in [5, 5.41) is 8.13. The molecule has 0 aliphatic rings. The first kappa shape index (κ1) is 17.2. The van der Waals surface area contributed by atoms with Gasteiger partial charge >= 0.3 is 0 Å². The fourth-order valence-electron chi connectivity index (χ4n) is 4.89. The van der Waals surface area contributed by atoms with E-state index in [0.29, 0.717) is 0 Å². The Kier molecular flexibility index (Phi) is 3.86. The topological polar surface area (TPSA) is 0 Å². The second-order valence-electron chi connectivity index (χ2n) is 8.28. The monoisotopic (exact) mass is 382 g/mol. The third kappa shape index (κ3) is 2.69. The van der Waals surface area contributed by atoms with Crippen molar-refractivity contribution in [1.82, 2.24) is 0 Å². The molecule has 0 saturated carbocycles. The summed E-state index contributed by atoms with van der Waals surface area (Å²) < 4.78 is 0. The Bertz CT molecular complexity index is 1490. The standard InChI is InChI=1S/C30H22/c1-20-10-11-26(28(18-20)21-6-3-2-4-7-21)19-25-15-14-24-13-12-22-8-5-9-23-16-17-27(25)30(24)29(22)23/h2-18H,19H2,1H3.